The summed E-state index contributed by atoms with van der Waals surface area (Å²) in [6, 6.07) is 1.36. The van der Waals surface area contributed by atoms with Gasteiger partial charge in [0.05, 0.1) is 16.5 Å². The Morgan fingerprint density at radius 2 is 1.88 bits per heavy atom. The Hall–Kier alpha value is -0.220. The summed E-state index contributed by atoms with van der Waals surface area (Å²) in [6.07, 6.45) is 1.26. The topological polar surface area (TPSA) is 107 Å². The molecule has 10 heteroatoms. The van der Waals surface area contributed by atoms with Crippen LogP contribution >= 0.6 is 27.5 Å². The van der Waals surface area contributed by atoms with Gasteiger partial charge in [0.2, 0.25) is 10.0 Å². The van der Waals surface area contributed by atoms with Crippen molar-refractivity contribution in [3.05, 3.63) is 21.8 Å². The lowest BCUT2D eigenvalue weighted by Crippen LogP contribution is -2.23. The number of rotatable bonds is 4. The van der Waals surface area contributed by atoms with Crippen molar-refractivity contribution >= 4 is 47.4 Å². The molecule has 0 bridgehead atoms. The van der Waals surface area contributed by atoms with Crippen molar-refractivity contribution in [2.24, 2.45) is 5.14 Å². The SMILES string of the molecule is NS(=O)(=O)CCS(=O)(=O)c1ncc(Br)cc1Cl. The van der Waals surface area contributed by atoms with Crippen molar-refractivity contribution in [3.8, 4) is 0 Å². The second-order valence-corrected chi connectivity index (χ2v) is 8.21. The summed E-state index contributed by atoms with van der Waals surface area (Å²) < 4.78 is 45.4. The van der Waals surface area contributed by atoms with Crippen LogP contribution in [0.3, 0.4) is 0 Å². The predicted molar refractivity (Wildman–Crippen MR) is 67.0 cm³/mol. The van der Waals surface area contributed by atoms with E-state index in [1.165, 1.54) is 12.3 Å². The Bertz CT molecular complexity index is 629. The maximum Gasteiger partial charge on any atom is 0.210 e. The molecule has 0 atom stereocenters. The second-order valence-electron chi connectivity index (χ2n) is 3.13. The van der Waals surface area contributed by atoms with E-state index in [0.29, 0.717) is 4.47 Å². The van der Waals surface area contributed by atoms with Gasteiger partial charge in [0, 0.05) is 10.7 Å². The second kappa shape index (κ2) is 5.19. The summed E-state index contributed by atoms with van der Waals surface area (Å²) in [4.78, 5) is 3.65. The smallest absolute Gasteiger partial charge is 0.210 e. The van der Waals surface area contributed by atoms with Gasteiger partial charge in [-0.15, -0.1) is 0 Å². The molecule has 0 unspecified atom stereocenters. The summed E-state index contributed by atoms with van der Waals surface area (Å²) in [5.41, 5.74) is 0. The van der Waals surface area contributed by atoms with Gasteiger partial charge in [0.1, 0.15) is 0 Å². The molecule has 96 valence electrons. The number of aromatic nitrogens is 1. The molecule has 0 aliphatic heterocycles. The van der Waals surface area contributed by atoms with Crippen LogP contribution in [-0.2, 0) is 19.9 Å². The molecule has 1 aromatic rings. The lowest BCUT2D eigenvalue weighted by atomic mass is 10.5. The summed E-state index contributed by atoms with van der Waals surface area (Å²) in [7, 11) is -7.71. The first kappa shape index (κ1) is 14.8. The first-order valence-electron chi connectivity index (χ1n) is 4.16. The average molecular weight is 364 g/mol. The Labute approximate surface area is 112 Å². The molecule has 0 radical (unpaired) electrons. The van der Waals surface area contributed by atoms with Crippen LogP contribution in [-0.4, -0.2) is 33.3 Å². The van der Waals surface area contributed by atoms with Gasteiger partial charge in [-0.25, -0.2) is 27.0 Å². The minimum Gasteiger partial charge on any atom is -0.242 e. The third-order valence-corrected chi connectivity index (χ3v) is 5.23. The minimum absolute atomic E-state index is 0.0752. The van der Waals surface area contributed by atoms with Crippen LogP contribution in [0.15, 0.2) is 21.8 Å². The number of halogens is 2. The fourth-order valence-electron chi connectivity index (χ4n) is 0.953. The van der Waals surface area contributed by atoms with Crippen molar-refractivity contribution in [1.29, 1.82) is 0 Å². The number of nitrogens with zero attached hydrogens (tertiary/aromatic N) is 1. The predicted octanol–water partition coefficient (Wildman–Crippen LogP) is 0.560. The van der Waals surface area contributed by atoms with Gasteiger partial charge in [-0.2, -0.15) is 0 Å². The summed E-state index contributed by atoms with van der Waals surface area (Å²) in [6.45, 7) is 0. The van der Waals surface area contributed by atoms with Crippen molar-refractivity contribution in [1.82, 2.24) is 4.98 Å². The van der Waals surface area contributed by atoms with Crippen LogP contribution in [0.4, 0.5) is 0 Å². The van der Waals surface area contributed by atoms with Crippen LogP contribution in [0.1, 0.15) is 0 Å². The van der Waals surface area contributed by atoms with E-state index in [-0.39, 0.29) is 10.0 Å². The third kappa shape index (κ3) is 4.51. The minimum atomic E-state index is -3.86. The van der Waals surface area contributed by atoms with Crippen molar-refractivity contribution in [3.63, 3.8) is 0 Å². The molecule has 0 aliphatic rings. The Morgan fingerprint density at radius 1 is 1.29 bits per heavy atom. The third-order valence-electron chi connectivity index (χ3n) is 1.71. The number of hydrogen-bond donors (Lipinski definition) is 1. The Kier molecular flexibility index (Phi) is 4.53. The van der Waals surface area contributed by atoms with Crippen LogP contribution < -0.4 is 5.14 Å². The first-order valence-corrected chi connectivity index (χ1v) is 8.70. The molecule has 0 saturated carbocycles. The van der Waals surface area contributed by atoms with Crippen molar-refractivity contribution < 1.29 is 16.8 Å². The lowest BCUT2D eigenvalue weighted by molar-refractivity contribution is 0.586. The van der Waals surface area contributed by atoms with E-state index in [9.17, 15) is 16.8 Å². The number of primary sulfonamides is 1. The molecule has 0 aliphatic carbocycles. The molecule has 6 nitrogen and oxygen atoms in total. The molecule has 2 N–H and O–H groups in total. The first-order chi connectivity index (χ1) is 7.62. The highest BCUT2D eigenvalue weighted by atomic mass is 79.9. The van der Waals surface area contributed by atoms with E-state index < -0.39 is 31.4 Å². The van der Waals surface area contributed by atoms with E-state index in [2.05, 4.69) is 20.9 Å². The van der Waals surface area contributed by atoms with Crippen LogP contribution in [0.25, 0.3) is 0 Å². The largest absolute Gasteiger partial charge is 0.242 e. The zero-order valence-electron chi connectivity index (χ0n) is 8.30. The molecule has 0 fully saturated rings. The molecule has 17 heavy (non-hydrogen) atoms. The van der Waals surface area contributed by atoms with Crippen molar-refractivity contribution in [2.75, 3.05) is 11.5 Å². The molecule has 0 spiro atoms. The van der Waals surface area contributed by atoms with Crippen LogP contribution in [0.2, 0.25) is 5.02 Å². The van der Waals surface area contributed by atoms with Crippen molar-refractivity contribution in [2.45, 2.75) is 5.03 Å². The Morgan fingerprint density at radius 3 is 2.35 bits per heavy atom. The highest BCUT2D eigenvalue weighted by Crippen LogP contribution is 2.23. The van der Waals surface area contributed by atoms with E-state index in [1.54, 1.807) is 0 Å². The highest BCUT2D eigenvalue weighted by molar-refractivity contribution is 9.10. The van der Waals surface area contributed by atoms with E-state index in [0.717, 1.165) is 0 Å². The van der Waals surface area contributed by atoms with Gasteiger partial charge in [-0.1, -0.05) is 11.6 Å². The standard InChI is InChI=1S/C7H8BrClN2O4S2/c8-5-3-6(9)7(11-4-5)16(12,13)1-2-17(10,14)15/h3-4H,1-2H2,(H2,10,14,15). The average Bonchev–Trinajstić information content (AvgIpc) is 2.13. The molecule has 1 heterocycles. The lowest BCUT2D eigenvalue weighted by Gasteiger charge is -2.04. The fraction of sp³-hybridized carbons (Fsp3) is 0.286. The number of hydrogen-bond acceptors (Lipinski definition) is 5. The number of nitrogens with two attached hydrogens (primary N) is 1. The normalized spacial score (nSPS) is 12.6. The molecule has 1 rings (SSSR count). The number of pyridine rings is 1. The molecule has 0 amide bonds. The molecular formula is C7H8BrClN2O4S2. The molecule has 0 aromatic carbocycles. The van der Waals surface area contributed by atoms with Crippen LogP contribution in [0, 0.1) is 0 Å². The Balaban J connectivity index is 3.06. The van der Waals surface area contributed by atoms with E-state index in [4.69, 9.17) is 16.7 Å². The summed E-state index contributed by atoms with van der Waals surface area (Å²) in [5, 5.41) is 4.30. The van der Waals surface area contributed by atoms with Gasteiger partial charge >= 0.3 is 0 Å². The van der Waals surface area contributed by atoms with E-state index >= 15 is 0 Å². The zero-order chi connectivity index (χ0) is 13.3. The van der Waals surface area contributed by atoms with Gasteiger partial charge in [-0.05, 0) is 22.0 Å². The molecular weight excluding hydrogens is 356 g/mol. The summed E-state index contributed by atoms with van der Waals surface area (Å²) >= 11 is 8.79. The maximum atomic E-state index is 11.7. The van der Waals surface area contributed by atoms with Gasteiger partial charge in [0.15, 0.2) is 14.9 Å². The van der Waals surface area contributed by atoms with E-state index in [1.807, 2.05) is 0 Å². The zero-order valence-corrected chi connectivity index (χ0v) is 12.3. The molecule has 0 saturated heterocycles. The quantitative estimate of drug-likeness (QED) is 0.841. The van der Waals surface area contributed by atoms with Gasteiger partial charge in [0.25, 0.3) is 0 Å². The summed E-state index contributed by atoms with van der Waals surface area (Å²) in [5.74, 6) is -1.33. The molecule has 1 aromatic heterocycles. The fourth-order valence-corrected chi connectivity index (χ4v) is 4.51. The highest BCUT2D eigenvalue weighted by Gasteiger charge is 2.22. The van der Waals surface area contributed by atoms with Gasteiger partial charge in [-0.3, -0.25) is 0 Å². The number of sulfone groups is 1. The van der Waals surface area contributed by atoms with Crippen LogP contribution in [0.5, 0.6) is 0 Å². The van der Waals surface area contributed by atoms with Gasteiger partial charge < -0.3 is 0 Å². The monoisotopic (exact) mass is 362 g/mol. The maximum absolute atomic E-state index is 11.7. The number of sulfonamides is 1.